The number of aryl methyl sites for hydroxylation is 1. The number of nitrogens with zero attached hydrogens (tertiary/aromatic N) is 3. The molecule has 0 unspecified atom stereocenters. The summed E-state index contributed by atoms with van der Waals surface area (Å²) >= 11 is 1.62. The largest absolute Gasteiger partial charge is 0.368 e. The average Bonchev–Trinajstić information content (AvgIpc) is 2.92. The van der Waals surface area contributed by atoms with Gasteiger partial charge in [-0.05, 0) is 19.1 Å². The monoisotopic (exact) mass is 270 g/mol. The molecule has 0 saturated heterocycles. The molecule has 1 N–H and O–H groups in total. The van der Waals surface area contributed by atoms with Gasteiger partial charge in [0.2, 0.25) is 0 Å². The lowest BCUT2D eigenvalue weighted by atomic mass is 10.3. The van der Waals surface area contributed by atoms with Crippen LogP contribution in [0.5, 0.6) is 0 Å². The zero-order valence-electron chi connectivity index (χ0n) is 10.6. The highest BCUT2D eigenvalue weighted by Crippen LogP contribution is 2.15. The highest BCUT2D eigenvalue weighted by Gasteiger charge is 2.04. The lowest BCUT2D eigenvalue weighted by molar-refractivity contribution is 0.962. The maximum Gasteiger partial charge on any atom is 0.148 e. The van der Waals surface area contributed by atoms with Crippen LogP contribution in [-0.2, 0) is 6.42 Å². The average molecular weight is 270 g/mol. The number of aromatic nitrogens is 3. The maximum absolute atomic E-state index is 4.60. The van der Waals surface area contributed by atoms with Crippen molar-refractivity contribution in [1.29, 1.82) is 0 Å². The molecule has 0 aliphatic carbocycles. The lowest BCUT2D eigenvalue weighted by Crippen LogP contribution is -2.08. The second-order valence-corrected chi connectivity index (χ2v) is 5.02. The van der Waals surface area contributed by atoms with Crippen LogP contribution in [0.15, 0.2) is 35.2 Å². The van der Waals surface area contributed by atoms with E-state index in [-0.39, 0.29) is 0 Å². The number of hydrogen-bond acceptors (Lipinski definition) is 5. The Morgan fingerprint density at radius 3 is 2.68 bits per heavy atom. The third-order valence-corrected chi connectivity index (χ3v) is 3.54. The van der Waals surface area contributed by atoms with Crippen LogP contribution in [0.3, 0.4) is 0 Å². The van der Waals surface area contributed by atoms with E-state index in [1.54, 1.807) is 11.3 Å². The minimum absolute atomic E-state index is 0.817. The summed E-state index contributed by atoms with van der Waals surface area (Å²) < 4.78 is 0. The molecule has 0 bridgehead atoms. The molecular formula is C14H14N4S. The summed E-state index contributed by atoms with van der Waals surface area (Å²) in [6.45, 7) is 2.79. The summed E-state index contributed by atoms with van der Waals surface area (Å²) in [6, 6.07) is 7.92. The number of benzene rings is 1. The van der Waals surface area contributed by atoms with Crippen molar-refractivity contribution in [3.05, 3.63) is 46.5 Å². The number of nitrogens with one attached hydrogen (secondary N) is 1. The third kappa shape index (κ3) is 2.71. The molecule has 96 valence electrons. The Hall–Kier alpha value is -2.01. The zero-order chi connectivity index (χ0) is 13.1. The Labute approximate surface area is 115 Å². The first-order valence-electron chi connectivity index (χ1n) is 6.17. The summed E-state index contributed by atoms with van der Waals surface area (Å²) in [4.78, 5) is 13.4. The first kappa shape index (κ1) is 12.0. The quantitative estimate of drug-likeness (QED) is 0.791. The van der Waals surface area contributed by atoms with Gasteiger partial charge in [-0.25, -0.2) is 15.0 Å². The molecule has 19 heavy (non-hydrogen) atoms. The van der Waals surface area contributed by atoms with Gasteiger partial charge in [0.05, 0.1) is 27.9 Å². The molecule has 3 rings (SSSR count). The van der Waals surface area contributed by atoms with E-state index in [2.05, 4.69) is 25.6 Å². The normalized spacial score (nSPS) is 10.8. The summed E-state index contributed by atoms with van der Waals surface area (Å²) in [5.74, 6) is 0.855. The van der Waals surface area contributed by atoms with Gasteiger partial charge in [0.25, 0.3) is 0 Å². The van der Waals surface area contributed by atoms with Gasteiger partial charge in [-0.1, -0.05) is 12.1 Å². The molecule has 0 aliphatic rings. The Balaban J connectivity index is 1.75. The summed E-state index contributed by atoms with van der Waals surface area (Å²) in [6.07, 6.45) is 0.900. The fourth-order valence-electron chi connectivity index (χ4n) is 1.93. The van der Waals surface area contributed by atoms with E-state index in [0.29, 0.717) is 0 Å². The van der Waals surface area contributed by atoms with Crippen molar-refractivity contribution in [3.8, 4) is 0 Å². The Bertz CT molecular complexity index is 679. The van der Waals surface area contributed by atoms with Gasteiger partial charge >= 0.3 is 0 Å². The standard InChI is InChI=1S/C14H14N4S/c1-10-14(15-7-6-11-8-19-9-16-11)18-13-5-3-2-4-12(13)17-10/h2-5,8-9H,6-7H2,1H3,(H,15,18). The zero-order valence-corrected chi connectivity index (χ0v) is 11.4. The molecule has 3 aromatic rings. The van der Waals surface area contributed by atoms with Gasteiger partial charge in [0.1, 0.15) is 5.82 Å². The van der Waals surface area contributed by atoms with E-state index in [4.69, 9.17) is 0 Å². The minimum Gasteiger partial charge on any atom is -0.368 e. The summed E-state index contributed by atoms with van der Waals surface area (Å²) in [5, 5.41) is 5.40. The van der Waals surface area contributed by atoms with E-state index in [1.165, 1.54) is 0 Å². The first-order chi connectivity index (χ1) is 9.33. The van der Waals surface area contributed by atoms with E-state index in [0.717, 1.165) is 41.2 Å². The van der Waals surface area contributed by atoms with Gasteiger partial charge in [-0.15, -0.1) is 11.3 Å². The second-order valence-electron chi connectivity index (χ2n) is 4.30. The first-order valence-corrected chi connectivity index (χ1v) is 7.11. The van der Waals surface area contributed by atoms with Gasteiger partial charge in [-0.2, -0.15) is 0 Å². The van der Waals surface area contributed by atoms with Crippen LogP contribution >= 0.6 is 11.3 Å². The third-order valence-electron chi connectivity index (χ3n) is 2.90. The Kier molecular flexibility index (Phi) is 3.37. The second kappa shape index (κ2) is 5.32. The molecule has 0 atom stereocenters. The van der Waals surface area contributed by atoms with Gasteiger partial charge < -0.3 is 5.32 Å². The van der Waals surface area contributed by atoms with E-state index in [1.807, 2.05) is 36.7 Å². The summed E-state index contributed by atoms with van der Waals surface area (Å²) in [7, 11) is 0. The molecule has 0 fully saturated rings. The molecule has 0 spiro atoms. The minimum atomic E-state index is 0.817. The highest BCUT2D eigenvalue weighted by atomic mass is 32.1. The van der Waals surface area contributed by atoms with Crippen LogP contribution in [0.2, 0.25) is 0 Å². The van der Waals surface area contributed by atoms with Crippen LogP contribution in [0.25, 0.3) is 11.0 Å². The molecule has 5 heteroatoms. The van der Waals surface area contributed by atoms with Crippen LogP contribution in [0.1, 0.15) is 11.4 Å². The number of para-hydroxylation sites is 2. The molecule has 2 aromatic heterocycles. The number of rotatable bonds is 4. The van der Waals surface area contributed by atoms with Crippen LogP contribution in [0.4, 0.5) is 5.82 Å². The summed E-state index contributed by atoms with van der Waals surface area (Å²) in [5.41, 5.74) is 5.76. The van der Waals surface area contributed by atoms with Crippen molar-refractivity contribution >= 4 is 28.2 Å². The van der Waals surface area contributed by atoms with Gasteiger partial charge in [0.15, 0.2) is 0 Å². The fourth-order valence-corrected chi connectivity index (χ4v) is 2.52. The smallest absolute Gasteiger partial charge is 0.148 e. The predicted molar refractivity (Wildman–Crippen MR) is 78.6 cm³/mol. The van der Waals surface area contributed by atoms with Crippen molar-refractivity contribution < 1.29 is 0 Å². The van der Waals surface area contributed by atoms with Crippen molar-refractivity contribution in [2.75, 3.05) is 11.9 Å². The van der Waals surface area contributed by atoms with E-state index in [9.17, 15) is 0 Å². The van der Waals surface area contributed by atoms with Crippen molar-refractivity contribution in [2.45, 2.75) is 13.3 Å². The van der Waals surface area contributed by atoms with Gasteiger partial charge in [0, 0.05) is 18.3 Å². The molecule has 1 aromatic carbocycles. The Morgan fingerprint density at radius 2 is 1.95 bits per heavy atom. The number of fused-ring (bicyclic) bond motifs is 1. The molecule has 0 aliphatic heterocycles. The number of thiazole rings is 1. The van der Waals surface area contributed by atoms with E-state index < -0.39 is 0 Å². The van der Waals surface area contributed by atoms with Crippen LogP contribution in [0, 0.1) is 6.92 Å². The number of anilines is 1. The van der Waals surface area contributed by atoms with Crippen LogP contribution in [-0.4, -0.2) is 21.5 Å². The molecule has 0 amide bonds. The molecule has 4 nitrogen and oxygen atoms in total. The van der Waals surface area contributed by atoms with Gasteiger partial charge in [-0.3, -0.25) is 0 Å². The highest BCUT2D eigenvalue weighted by molar-refractivity contribution is 7.07. The van der Waals surface area contributed by atoms with E-state index >= 15 is 0 Å². The molecule has 2 heterocycles. The SMILES string of the molecule is Cc1nc2ccccc2nc1NCCc1cscn1. The Morgan fingerprint density at radius 1 is 1.16 bits per heavy atom. The topological polar surface area (TPSA) is 50.7 Å². The molecule has 0 saturated carbocycles. The van der Waals surface area contributed by atoms with Crippen molar-refractivity contribution in [3.63, 3.8) is 0 Å². The van der Waals surface area contributed by atoms with Crippen molar-refractivity contribution in [1.82, 2.24) is 15.0 Å². The fraction of sp³-hybridized carbons (Fsp3) is 0.214. The lowest BCUT2D eigenvalue weighted by Gasteiger charge is -2.08. The van der Waals surface area contributed by atoms with Crippen LogP contribution < -0.4 is 5.32 Å². The maximum atomic E-state index is 4.60. The van der Waals surface area contributed by atoms with Crippen molar-refractivity contribution in [2.24, 2.45) is 0 Å². The molecular weight excluding hydrogens is 256 g/mol. The number of hydrogen-bond donors (Lipinski definition) is 1. The predicted octanol–water partition coefficient (Wildman–Crippen LogP) is 3.05. The molecule has 0 radical (unpaired) electrons.